The van der Waals surface area contributed by atoms with Crippen molar-refractivity contribution >= 4 is 38.7 Å². The fourth-order valence-electron chi connectivity index (χ4n) is 4.62. The highest BCUT2D eigenvalue weighted by atomic mass is 32.2. The van der Waals surface area contributed by atoms with Crippen molar-refractivity contribution in [3.05, 3.63) is 59.7 Å². The Morgan fingerprint density at radius 3 is 2.35 bits per heavy atom. The molecule has 218 valence electrons. The third kappa shape index (κ3) is 7.42. The van der Waals surface area contributed by atoms with Crippen molar-refractivity contribution in [3.63, 3.8) is 0 Å². The number of amides is 1. The Bertz CT molecular complexity index is 1370. The number of hydrogen-bond donors (Lipinski definition) is 3. The number of nitrogens with one attached hydrogen (secondary N) is 2. The topological polar surface area (TPSA) is 102 Å². The Labute approximate surface area is 228 Å². The van der Waals surface area contributed by atoms with Crippen molar-refractivity contribution in [1.82, 2.24) is 0 Å². The van der Waals surface area contributed by atoms with Gasteiger partial charge in [0.1, 0.15) is 0 Å². The second-order valence-electron chi connectivity index (χ2n) is 9.65. The summed E-state index contributed by atoms with van der Waals surface area (Å²) >= 11 is 0. The molecule has 0 saturated carbocycles. The van der Waals surface area contributed by atoms with E-state index in [0.717, 1.165) is 6.08 Å². The van der Waals surface area contributed by atoms with E-state index in [9.17, 15) is 35.2 Å². The van der Waals surface area contributed by atoms with E-state index >= 15 is 0 Å². The molecule has 0 aliphatic carbocycles. The number of benzene rings is 2. The fourth-order valence-corrected chi connectivity index (χ4v) is 5.44. The lowest BCUT2D eigenvalue weighted by Gasteiger charge is -2.33. The zero-order valence-corrected chi connectivity index (χ0v) is 22.2. The van der Waals surface area contributed by atoms with Gasteiger partial charge in [-0.05, 0) is 42.8 Å². The quantitative estimate of drug-likeness (QED) is 0.308. The van der Waals surface area contributed by atoms with Crippen LogP contribution >= 0.6 is 0 Å². The number of hydrogen-bond acceptors (Lipinski definition) is 6. The van der Waals surface area contributed by atoms with Crippen molar-refractivity contribution in [2.45, 2.75) is 31.4 Å². The van der Waals surface area contributed by atoms with Crippen LogP contribution in [0.25, 0.3) is 0 Å². The number of anilines is 4. The number of alkyl halides is 5. The van der Waals surface area contributed by atoms with E-state index in [1.54, 1.807) is 34.1 Å². The standard InChI is InChI=1S/C26H29F5N4O4S/c27-25(28)8-12-34(13-9-25)21-3-1-2-19(16-21)32-24(37)22-5-4-20(33-40(38,39)15-14-36)17-23(22)35-10-6-18(7-11-35)26(29,30)31/h1-6,16-17,33,36H,7-15H2,(H,32,37). The summed E-state index contributed by atoms with van der Waals surface area (Å²) in [6.45, 7) is -0.515. The van der Waals surface area contributed by atoms with Crippen LogP contribution in [0.1, 0.15) is 29.6 Å². The lowest BCUT2D eigenvalue weighted by Crippen LogP contribution is -2.39. The molecule has 1 amide bonds. The third-order valence-corrected chi connectivity index (χ3v) is 8.02. The van der Waals surface area contributed by atoms with Crippen molar-refractivity contribution < 1.29 is 40.3 Å². The molecule has 4 rings (SSSR count). The van der Waals surface area contributed by atoms with Crippen LogP contribution in [0.2, 0.25) is 0 Å². The zero-order chi connectivity index (χ0) is 29.1. The van der Waals surface area contributed by atoms with Crippen molar-refractivity contribution in [2.75, 3.05) is 58.4 Å². The molecule has 1 saturated heterocycles. The number of carbonyl (C=O) groups is 1. The molecule has 0 bridgehead atoms. The smallest absolute Gasteiger partial charge is 0.395 e. The maximum atomic E-state index is 13.6. The first-order valence-corrected chi connectivity index (χ1v) is 14.2. The number of carbonyl (C=O) groups excluding carboxylic acids is 1. The Hall–Kier alpha value is -3.39. The second-order valence-corrected chi connectivity index (χ2v) is 11.5. The van der Waals surface area contributed by atoms with Gasteiger partial charge in [0.25, 0.3) is 11.8 Å². The SMILES string of the molecule is O=C(Nc1cccc(N2CCC(F)(F)CC2)c1)c1ccc(NS(=O)(=O)CCO)cc1N1CC=C(C(F)(F)F)CC1. The van der Waals surface area contributed by atoms with Crippen LogP contribution in [0.3, 0.4) is 0 Å². The van der Waals surface area contributed by atoms with Crippen LogP contribution in [0.4, 0.5) is 44.7 Å². The van der Waals surface area contributed by atoms with Gasteiger partial charge < -0.3 is 20.2 Å². The van der Waals surface area contributed by atoms with E-state index in [1.165, 1.54) is 18.2 Å². The van der Waals surface area contributed by atoms with Gasteiger partial charge in [-0.1, -0.05) is 12.1 Å². The molecule has 2 aromatic rings. The molecule has 0 radical (unpaired) electrons. The largest absolute Gasteiger partial charge is 0.412 e. The molecular formula is C26H29F5N4O4S. The van der Waals surface area contributed by atoms with Gasteiger partial charge in [-0.3, -0.25) is 9.52 Å². The van der Waals surface area contributed by atoms with Gasteiger partial charge >= 0.3 is 6.18 Å². The zero-order valence-electron chi connectivity index (χ0n) is 21.3. The fraction of sp³-hybridized carbons (Fsp3) is 0.423. The Morgan fingerprint density at radius 1 is 1.00 bits per heavy atom. The minimum Gasteiger partial charge on any atom is -0.395 e. The predicted octanol–water partition coefficient (Wildman–Crippen LogP) is 4.61. The average molecular weight is 589 g/mol. The van der Waals surface area contributed by atoms with Gasteiger partial charge in [0.2, 0.25) is 10.0 Å². The van der Waals surface area contributed by atoms with E-state index in [-0.39, 0.29) is 62.4 Å². The van der Waals surface area contributed by atoms with Crippen molar-refractivity contribution in [1.29, 1.82) is 0 Å². The van der Waals surface area contributed by atoms with E-state index in [1.807, 2.05) is 0 Å². The van der Waals surface area contributed by atoms with Crippen molar-refractivity contribution in [3.8, 4) is 0 Å². The summed E-state index contributed by atoms with van der Waals surface area (Å²) in [5, 5.41) is 11.7. The van der Waals surface area contributed by atoms with Gasteiger partial charge in [-0.15, -0.1) is 0 Å². The first-order valence-electron chi connectivity index (χ1n) is 12.6. The maximum absolute atomic E-state index is 13.6. The number of nitrogens with zero attached hydrogens (tertiary/aromatic N) is 2. The van der Waals surface area contributed by atoms with Crippen LogP contribution in [-0.4, -0.2) is 70.1 Å². The number of aliphatic hydroxyl groups excluding tert-OH is 1. The monoisotopic (exact) mass is 588 g/mol. The van der Waals surface area contributed by atoms with E-state index in [0.29, 0.717) is 11.4 Å². The molecule has 2 aliphatic rings. The minimum absolute atomic E-state index is 0.0620. The first kappa shape index (κ1) is 29.6. The van der Waals surface area contributed by atoms with E-state index < -0.39 is 46.0 Å². The Balaban J connectivity index is 1.59. The third-order valence-electron chi connectivity index (χ3n) is 6.75. The van der Waals surface area contributed by atoms with E-state index in [4.69, 9.17) is 5.11 Å². The summed E-state index contributed by atoms with van der Waals surface area (Å²) in [7, 11) is -3.90. The van der Waals surface area contributed by atoms with Gasteiger partial charge in [-0.2, -0.15) is 13.2 Å². The minimum atomic E-state index is -4.47. The molecule has 2 aromatic carbocycles. The van der Waals surface area contributed by atoms with Gasteiger partial charge in [-0.25, -0.2) is 17.2 Å². The summed E-state index contributed by atoms with van der Waals surface area (Å²) in [4.78, 5) is 16.7. The highest BCUT2D eigenvalue weighted by Gasteiger charge is 2.36. The molecule has 0 atom stereocenters. The normalized spacial score (nSPS) is 17.8. The number of sulfonamides is 1. The van der Waals surface area contributed by atoms with Gasteiger partial charge in [0.15, 0.2) is 0 Å². The van der Waals surface area contributed by atoms with Crippen LogP contribution in [0.5, 0.6) is 0 Å². The Morgan fingerprint density at radius 2 is 1.73 bits per heavy atom. The van der Waals surface area contributed by atoms with Crippen LogP contribution < -0.4 is 19.8 Å². The van der Waals surface area contributed by atoms with Gasteiger partial charge in [0.05, 0.1) is 29.3 Å². The van der Waals surface area contributed by atoms with Crippen molar-refractivity contribution in [2.24, 2.45) is 0 Å². The molecule has 0 aromatic heterocycles. The van der Waals surface area contributed by atoms with Gasteiger partial charge in [0, 0.05) is 56.0 Å². The molecule has 40 heavy (non-hydrogen) atoms. The molecule has 8 nitrogen and oxygen atoms in total. The highest BCUT2D eigenvalue weighted by molar-refractivity contribution is 7.92. The second kappa shape index (κ2) is 11.6. The molecule has 2 aliphatic heterocycles. The Kier molecular flexibility index (Phi) is 8.59. The number of piperidine rings is 1. The summed E-state index contributed by atoms with van der Waals surface area (Å²) in [5.41, 5.74) is 0.751. The molecule has 1 fully saturated rings. The average Bonchev–Trinajstić information content (AvgIpc) is 2.88. The molecule has 3 N–H and O–H groups in total. The molecule has 14 heteroatoms. The molecule has 2 heterocycles. The summed E-state index contributed by atoms with van der Waals surface area (Å²) in [6, 6.07) is 10.8. The molecule has 0 unspecified atom stereocenters. The van der Waals surface area contributed by atoms with Crippen LogP contribution in [0, 0.1) is 0 Å². The number of halogens is 5. The summed E-state index contributed by atoms with van der Waals surface area (Å²) < 4.78 is 93.2. The molecule has 0 spiro atoms. The first-order chi connectivity index (χ1) is 18.8. The van der Waals surface area contributed by atoms with Crippen LogP contribution in [-0.2, 0) is 10.0 Å². The maximum Gasteiger partial charge on any atom is 0.412 e. The lowest BCUT2D eigenvalue weighted by molar-refractivity contribution is -0.0944. The summed E-state index contributed by atoms with van der Waals surface area (Å²) in [5.74, 6) is -3.86. The predicted molar refractivity (Wildman–Crippen MR) is 143 cm³/mol. The molecular weight excluding hydrogens is 559 g/mol. The van der Waals surface area contributed by atoms with E-state index in [2.05, 4.69) is 10.0 Å². The number of rotatable bonds is 8. The lowest BCUT2D eigenvalue weighted by atomic mass is 10.0. The number of aliphatic hydroxyl groups is 1. The highest BCUT2D eigenvalue weighted by Crippen LogP contribution is 2.35. The van der Waals surface area contributed by atoms with Crippen LogP contribution in [0.15, 0.2) is 54.1 Å². The summed E-state index contributed by atoms with van der Waals surface area (Å²) in [6.07, 6.45) is -4.31.